The molecule has 0 radical (unpaired) electrons. The standard InChI is InChI=1S/C41H47N15O5/c1-2-3-13-58-38-19-35(41(61-47)21-28(22-48-52-43)20-40(23-41,24-49-53-44)25-50-54-45)39(29-7-5-4-6-8-29)34-18-36(56-11-14-57-15-12-56)32(17-33(34)38)31-10-9-30(60-27-51-55-46)16-37(31)59-26-42/h4-10,16-19,26,28,42H,2-3,11-15,20-25,27,47H2,1H3. The Morgan fingerprint density at radius 2 is 1.59 bits per heavy atom. The molecule has 2 fully saturated rings. The number of hydrogen-bond donors (Lipinski definition) is 2. The summed E-state index contributed by atoms with van der Waals surface area (Å²) in [6.07, 6.45) is 3.45. The van der Waals surface area contributed by atoms with E-state index in [0.717, 1.165) is 52.4 Å². The summed E-state index contributed by atoms with van der Waals surface area (Å²) in [5, 5.41) is 24.9. The van der Waals surface area contributed by atoms with Crippen molar-refractivity contribution in [3.8, 4) is 39.5 Å². The highest BCUT2D eigenvalue weighted by molar-refractivity contribution is 6.07. The van der Waals surface area contributed by atoms with Gasteiger partial charge in [-0.2, -0.15) is 0 Å². The third-order valence-electron chi connectivity index (χ3n) is 11.2. The van der Waals surface area contributed by atoms with Crippen molar-refractivity contribution >= 4 is 22.9 Å². The number of unbranched alkanes of at least 4 members (excludes halogenated alkanes) is 1. The number of nitrogens with one attached hydrogen (secondary N) is 1. The monoisotopic (exact) mass is 829 g/mol. The van der Waals surface area contributed by atoms with Gasteiger partial charge >= 0.3 is 0 Å². The van der Waals surface area contributed by atoms with Gasteiger partial charge in [-0.25, -0.2) is 5.90 Å². The van der Waals surface area contributed by atoms with Crippen molar-refractivity contribution < 1.29 is 23.8 Å². The number of azide groups is 4. The number of rotatable bonds is 20. The van der Waals surface area contributed by atoms with Crippen molar-refractivity contribution in [3.63, 3.8) is 0 Å². The van der Waals surface area contributed by atoms with Crippen molar-refractivity contribution in [2.24, 2.45) is 37.7 Å². The Balaban J connectivity index is 1.72. The molecule has 1 saturated carbocycles. The molecule has 1 aliphatic carbocycles. The molecule has 1 heterocycles. The average Bonchev–Trinajstić information content (AvgIpc) is 3.30. The molecule has 2 aliphatic rings. The van der Waals surface area contributed by atoms with Crippen molar-refractivity contribution in [2.75, 3.05) is 64.2 Å². The predicted octanol–water partition coefficient (Wildman–Crippen LogP) is 10.6. The van der Waals surface area contributed by atoms with E-state index in [0.29, 0.717) is 74.1 Å². The maximum absolute atomic E-state index is 9.50. The minimum Gasteiger partial charge on any atom is -0.493 e. The SMILES string of the molecule is CCCCOc1cc(C2(ON)CC(CN=[N+]=[N-])CC(CN=[N+]=[N-])(CN=[N+]=[N-])C2)c(-c2ccccc2)c2cc(N3CCOCC3)c(-c3ccc(OCN=[N+]=[N-])cc3OC=N)cc12. The molecule has 1 aliphatic heterocycles. The summed E-state index contributed by atoms with van der Waals surface area (Å²) in [6.45, 7) is 4.50. The molecule has 0 spiro atoms. The van der Waals surface area contributed by atoms with E-state index in [2.05, 4.69) is 64.1 Å². The van der Waals surface area contributed by atoms with E-state index in [-0.39, 0.29) is 38.7 Å². The van der Waals surface area contributed by atoms with Crippen molar-refractivity contribution in [1.82, 2.24) is 0 Å². The molecule has 61 heavy (non-hydrogen) atoms. The molecular weight excluding hydrogens is 783 g/mol. The fourth-order valence-electron chi connectivity index (χ4n) is 8.73. The highest BCUT2D eigenvalue weighted by Crippen LogP contribution is 2.56. The first-order valence-electron chi connectivity index (χ1n) is 19.9. The second kappa shape index (κ2) is 20.9. The number of ether oxygens (including phenoxy) is 4. The first-order chi connectivity index (χ1) is 29.9. The van der Waals surface area contributed by atoms with Gasteiger partial charge in [0, 0.05) is 80.6 Å². The summed E-state index contributed by atoms with van der Waals surface area (Å²) in [7, 11) is 0. The molecule has 3 N–H and O–H groups in total. The van der Waals surface area contributed by atoms with E-state index >= 15 is 0 Å². The van der Waals surface area contributed by atoms with Crippen LogP contribution in [0, 0.1) is 16.7 Å². The van der Waals surface area contributed by atoms with Crippen LogP contribution in [0.15, 0.2) is 87.2 Å². The van der Waals surface area contributed by atoms with Crippen LogP contribution in [0.3, 0.4) is 0 Å². The molecule has 20 heteroatoms. The number of benzene rings is 4. The first kappa shape index (κ1) is 43.7. The molecule has 4 aromatic carbocycles. The van der Waals surface area contributed by atoms with Crippen LogP contribution in [0.5, 0.6) is 17.2 Å². The first-order valence-corrected chi connectivity index (χ1v) is 19.9. The van der Waals surface area contributed by atoms with Gasteiger partial charge in [-0.15, -0.1) is 0 Å². The average molecular weight is 830 g/mol. The van der Waals surface area contributed by atoms with E-state index in [9.17, 15) is 16.6 Å². The van der Waals surface area contributed by atoms with Gasteiger partial charge in [0.25, 0.3) is 0 Å². The molecule has 0 aromatic heterocycles. The lowest BCUT2D eigenvalue weighted by Gasteiger charge is -2.50. The van der Waals surface area contributed by atoms with Gasteiger partial charge in [-0.1, -0.05) is 64.1 Å². The van der Waals surface area contributed by atoms with Gasteiger partial charge in [-0.05, 0) is 112 Å². The van der Waals surface area contributed by atoms with Gasteiger partial charge in [0.1, 0.15) is 22.8 Å². The molecule has 4 aromatic rings. The second-order valence-electron chi connectivity index (χ2n) is 15.0. The maximum Gasteiger partial charge on any atom is 0.173 e. The number of nitrogens with zero attached hydrogens (tertiary/aromatic N) is 13. The lowest BCUT2D eigenvalue weighted by Crippen LogP contribution is -2.49. The Hall–Kier alpha value is -6.87. The predicted molar refractivity (Wildman–Crippen MR) is 231 cm³/mol. The minimum absolute atomic E-state index is 0.0193. The van der Waals surface area contributed by atoms with Crippen molar-refractivity contribution in [1.29, 1.82) is 5.41 Å². The third kappa shape index (κ3) is 9.95. The summed E-state index contributed by atoms with van der Waals surface area (Å²) in [5.41, 5.74) is 39.7. The largest absolute Gasteiger partial charge is 0.493 e. The molecule has 1 saturated heterocycles. The van der Waals surface area contributed by atoms with Crippen molar-refractivity contribution in [2.45, 2.75) is 44.6 Å². The highest BCUT2D eigenvalue weighted by Gasteiger charge is 2.51. The Morgan fingerprint density at radius 1 is 0.852 bits per heavy atom. The highest BCUT2D eigenvalue weighted by atomic mass is 16.6. The van der Waals surface area contributed by atoms with Crippen LogP contribution in [0.1, 0.15) is 44.6 Å². The summed E-state index contributed by atoms with van der Waals surface area (Å²) in [4.78, 5) is 20.4. The molecular formula is C41H47N15O5. The molecule has 2 atom stereocenters. The number of anilines is 1. The van der Waals surface area contributed by atoms with E-state index < -0.39 is 11.0 Å². The Kier molecular flexibility index (Phi) is 15.0. The van der Waals surface area contributed by atoms with Crippen LogP contribution in [0.25, 0.3) is 74.8 Å². The topological polar surface area (TPSA) is 294 Å². The second-order valence-corrected chi connectivity index (χ2v) is 15.0. The zero-order valence-electron chi connectivity index (χ0n) is 33.8. The molecule has 0 bridgehead atoms. The quantitative estimate of drug-likeness (QED) is 0.0165. The number of fused-ring (bicyclic) bond motifs is 1. The number of nitrogens with two attached hydrogens (primary N) is 1. The molecule has 0 amide bonds. The van der Waals surface area contributed by atoms with Gasteiger partial charge < -0.3 is 23.8 Å². The maximum atomic E-state index is 9.50. The fourth-order valence-corrected chi connectivity index (χ4v) is 8.73. The van der Waals surface area contributed by atoms with E-state index in [1.54, 1.807) is 12.1 Å². The van der Waals surface area contributed by atoms with Gasteiger partial charge in [-0.3, -0.25) is 10.2 Å². The number of morpholine rings is 1. The van der Waals surface area contributed by atoms with Crippen LogP contribution in [-0.2, 0) is 15.2 Å². The van der Waals surface area contributed by atoms with E-state index in [1.807, 2.05) is 42.5 Å². The van der Waals surface area contributed by atoms with Gasteiger partial charge in [0.2, 0.25) is 0 Å². The van der Waals surface area contributed by atoms with Crippen LogP contribution >= 0.6 is 0 Å². The smallest absolute Gasteiger partial charge is 0.173 e. The molecule has 2 unspecified atom stereocenters. The van der Waals surface area contributed by atoms with Crippen LogP contribution in [0.4, 0.5) is 5.69 Å². The molecule has 20 nitrogen and oxygen atoms in total. The summed E-state index contributed by atoms with van der Waals surface area (Å²) < 4.78 is 24.0. The molecule has 316 valence electrons. The third-order valence-corrected chi connectivity index (χ3v) is 11.2. The normalized spacial score (nSPS) is 19.6. The summed E-state index contributed by atoms with van der Waals surface area (Å²) >= 11 is 0. The Morgan fingerprint density at radius 3 is 2.26 bits per heavy atom. The Bertz CT molecular complexity index is 2370. The van der Waals surface area contributed by atoms with Gasteiger partial charge in [0.05, 0.1) is 19.8 Å². The van der Waals surface area contributed by atoms with Crippen LogP contribution in [-0.4, -0.2) is 65.7 Å². The zero-order valence-corrected chi connectivity index (χ0v) is 33.8. The van der Waals surface area contributed by atoms with E-state index in [4.69, 9.17) is 40.6 Å². The van der Waals surface area contributed by atoms with Crippen LogP contribution < -0.4 is 25.0 Å². The summed E-state index contributed by atoms with van der Waals surface area (Å²) in [5.74, 6) is 7.48. The number of hydrogen-bond acceptors (Lipinski definition) is 12. The van der Waals surface area contributed by atoms with E-state index in [1.165, 1.54) is 0 Å². The lowest BCUT2D eigenvalue weighted by atomic mass is 9.60. The summed E-state index contributed by atoms with van der Waals surface area (Å²) in [6, 6.07) is 21.3. The van der Waals surface area contributed by atoms with Crippen molar-refractivity contribution in [3.05, 3.63) is 114 Å². The fraction of sp³-hybridized carbons (Fsp3) is 0.439. The van der Waals surface area contributed by atoms with Crippen LogP contribution in [0.2, 0.25) is 0 Å². The lowest BCUT2D eigenvalue weighted by molar-refractivity contribution is -0.125. The zero-order chi connectivity index (χ0) is 43.1. The van der Waals surface area contributed by atoms with Gasteiger partial charge in [0.15, 0.2) is 13.1 Å². The molecule has 6 rings (SSSR count). The Labute approximate surface area is 351 Å². The minimum atomic E-state index is -1.29.